The molecule has 0 amide bonds. The van der Waals surface area contributed by atoms with Crippen molar-refractivity contribution in [3.63, 3.8) is 0 Å². The van der Waals surface area contributed by atoms with Gasteiger partial charge in [0, 0.05) is 12.1 Å². The van der Waals surface area contributed by atoms with E-state index in [1.54, 1.807) is 18.2 Å². The Morgan fingerprint density at radius 2 is 2.21 bits per heavy atom. The fourth-order valence-corrected chi connectivity index (χ4v) is 1.17. The van der Waals surface area contributed by atoms with Crippen molar-refractivity contribution in [1.29, 1.82) is 0 Å². The quantitative estimate of drug-likeness (QED) is 0.554. The summed E-state index contributed by atoms with van der Waals surface area (Å²) in [4.78, 5) is 4.70. The highest BCUT2D eigenvalue weighted by Gasteiger charge is 2.07. The summed E-state index contributed by atoms with van der Waals surface area (Å²) in [7, 11) is 3.29. The molecule has 76 valence electrons. The fraction of sp³-hybridized carbons (Fsp3) is 0.300. The minimum absolute atomic E-state index is 0.207. The number of nitrogens with zero attached hydrogens (tertiary/aromatic N) is 1. The van der Waals surface area contributed by atoms with E-state index < -0.39 is 0 Å². The van der Waals surface area contributed by atoms with Crippen LogP contribution < -0.4 is 5.32 Å². The standard InChI is InChI=1S/C10H14N2O2/c1-11-7-9(12-14-2)8-5-3-4-6-10(8)13/h3-6,11,13H,7H2,1-2H3/b12-9-. The Kier molecular flexibility index (Phi) is 3.94. The summed E-state index contributed by atoms with van der Waals surface area (Å²) >= 11 is 0. The number of rotatable bonds is 4. The monoisotopic (exact) mass is 194 g/mol. The predicted molar refractivity (Wildman–Crippen MR) is 55.6 cm³/mol. The number of likely N-dealkylation sites (N-methyl/N-ethyl adjacent to an activating group) is 1. The van der Waals surface area contributed by atoms with Gasteiger partial charge in [0.15, 0.2) is 0 Å². The van der Waals surface area contributed by atoms with Gasteiger partial charge in [-0.1, -0.05) is 17.3 Å². The summed E-state index contributed by atoms with van der Waals surface area (Å²) in [6.07, 6.45) is 0. The SMILES string of the molecule is CNC/C(=N/OC)c1ccccc1O. The topological polar surface area (TPSA) is 53.9 Å². The maximum atomic E-state index is 9.57. The van der Waals surface area contributed by atoms with Gasteiger partial charge in [-0.2, -0.15) is 0 Å². The number of para-hydroxylation sites is 1. The lowest BCUT2D eigenvalue weighted by Crippen LogP contribution is -2.20. The van der Waals surface area contributed by atoms with Crippen molar-refractivity contribution in [3.8, 4) is 5.75 Å². The molecule has 0 aliphatic carbocycles. The van der Waals surface area contributed by atoms with Crippen LogP contribution in [0.3, 0.4) is 0 Å². The van der Waals surface area contributed by atoms with Gasteiger partial charge in [0.25, 0.3) is 0 Å². The van der Waals surface area contributed by atoms with Crippen molar-refractivity contribution >= 4 is 5.71 Å². The van der Waals surface area contributed by atoms with Gasteiger partial charge in [0.05, 0.1) is 0 Å². The van der Waals surface area contributed by atoms with Gasteiger partial charge in [-0.05, 0) is 19.2 Å². The minimum atomic E-state index is 0.207. The van der Waals surface area contributed by atoms with E-state index in [-0.39, 0.29) is 5.75 Å². The number of phenolic OH excluding ortho intramolecular Hbond substituents is 1. The molecule has 0 heterocycles. The van der Waals surface area contributed by atoms with Crippen LogP contribution in [0.5, 0.6) is 5.75 Å². The Bertz CT molecular complexity index is 324. The lowest BCUT2D eigenvalue weighted by atomic mass is 10.1. The minimum Gasteiger partial charge on any atom is -0.507 e. The number of hydrogen-bond donors (Lipinski definition) is 2. The number of phenols is 1. The van der Waals surface area contributed by atoms with E-state index >= 15 is 0 Å². The highest BCUT2D eigenvalue weighted by Crippen LogP contribution is 2.16. The second-order valence-corrected chi connectivity index (χ2v) is 2.77. The molecule has 14 heavy (non-hydrogen) atoms. The average molecular weight is 194 g/mol. The summed E-state index contributed by atoms with van der Waals surface area (Å²) in [5.41, 5.74) is 1.36. The van der Waals surface area contributed by atoms with Crippen LogP contribution in [0.1, 0.15) is 5.56 Å². The summed E-state index contributed by atoms with van der Waals surface area (Å²) in [5, 5.41) is 16.4. The van der Waals surface area contributed by atoms with Gasteiger partial charge in [-0.3, -0.25) is 0 Å². The molecular formula is C10H14N2O2. The van der Waals surface area contributed by atoms with Crippen molar-refractivity contribution in [1.82, 2.24) is 5.32 Å². The fourth-order valence-electron chi connectivity index (χ4n) is 1.17. The molecule has 0 aliphatic rings. The molecule has 0 aliphatic heterocycles. The van der Waals surface area contributed by atoms with Gasteiger partial charge >= 0.3 is 0 Å². The summed E-state index contributed by atoms with van der Waals surface area (Å²) in [6.45, 7) is 0.547. The van der Waals surface area contributed by atoms with Crippen LogP contribution in [-0.2, 0) is 4.84 Å². The maximum absolute atomic E-state index is 9.57. The highest BCUT2D eigenvalue weighted by molar-refractivity contribution is 6.03. The zero-order valence-electron chi connectivity index (χ0n) is 8.32. The summed E-state index contributed by atoms with van der Waals surface area (Å²) in [5.74, 6) is 0.207. The van der Waals surface area contributed by atoms with Crippen LogP contribution in [0, 0.1) is 0 Å². The molecule has 0 fully saturated rings. The first-order valence-corrected chi connectivity index (χ1v) is 4.32. The van der Waals surface area contributed by atoms with E-state index in [0.29, 0.717) is 17.8 Å². The normalized spacial score (nSPS) is 11.4. The highest BCUT2D eigenvalue weighted by atomic mass is 16.6. The van der Waals surface area contributed by atoms with E-state index in [1.165, 1.54) is 7.11 Å². The van der Waals surface area contributed by atoms with Gasteiger partial charge in [-0.15, -0.1) is 0 Å². The molecular weight excluding hydrogens is 180 g/mol. The molecule has 0 bridgehead atoms. The Morgan fingerprint density at radius 1 is 1.50 bits per heavy atom. The number of oxime groups is 1. The van der Waals surface area contributed by atoms with Crippen molar-refractivity contribution in [2.75, 3.05) is 20.7 Å². The average Bonchev–Trinajstić information content (AvgIpc) is 2.18. The third kappa shape index (κ3) is 2.47. The van der Waals surface area contributed by atoms with E-state index in [4.69, 9.17) is 4.84 Å². The Hall–Kier alpha value is -1.55. The molecule has 0 unspecified atom stereocenters. The lowest BCUT2D eigenvalue weighted by Gasteiger charge is -2.06. The van der Waals surface area contributed by atoms with Crippen LogP contribution in [0.2, 0.25) is 0 Å². The molecule has 0 atom stereocenters. The van der Waals surface area contributed by atoms with Crippen molar-refractivity contribution < 1.29 is 9.94 Å². The largest absolute Gasteiger partial charge is 0.507 e. The van der Waals surface area contributed by atoms with Crippen LogP contribution in [-0.4, -0.2) is 31.5 Å². The molecule has 0 radical (unpaired) electrons. The first-order chi connectivity index (χ1) is 6.79. The first kappa shape index (κ1) is 10.5. The molecule has 0 saturated heterocycles. The lowest BCUT2D eigenvalue weighted by molar-refractivity contribution is 0.213. The van der Waals surface area contributed by atoms with E-state index in [0.717, 1.165) is 0 Å². The third-order valence-corrected chi connectivity index (χ3v) is 1.76. The van der Waals surface area contributed by atoms with Crippen molar-refractivity contribution in [3.05, 3.63) is 29.8 Å². The maximum Gasteiger partial charge on any atom is 0.124 e. The molecule has 0 saturated carbocycles. The van der Waals surface area contributed by atoms with Crippen LogP contribution in [0.25, 0.3) is 0 Å². The van der Waals surface area contributed by atoms with Crippen LogP contribution in [0.4, 0.5) is 0 Å². The smallest absolute Gasteiger partial charge is 0.124 e. The zero-order chi connectivity index (χ0) is 10.4. The Balaban J connectivity index is 2.99. The number of aromatic hydroxyl groups is 1. The van der Waals surface area contributed by atoms with E-state index in [2.05, 4.69) is 10.5 Å². The second kappa shape index (κ2) is 5.24. The van der Waals surface area contributed by atoms with Crippen molar-refractivity contribution in [2.45, 2.75) is 0 Å². The van der Waals surface area contributed by atoms with E-state index in [1.807, 2.05) is 13.1 Å². The second-order valence-electron chi connectivity index (χ2n) is 2.77. The van der Waals surface area contributed by atoms with Crippen LogP contribution in [0.15, 0.2) is 29.4 Å². The molecule has 1 aromatic rings. The Morgan fingerprint density at radius 3 is 2.79 bits per heavy atom. The van der Waals surface area contributed by atoms with Gasteiger partial charge in [0.1, 0.15) is 18.6 Å². The predicted octanol–water partition coefficient (Wildman–Crippen LogP) is 0.962. The van der Waals surface area contributed by atoms with Gasteiger partial charge in [0.2, 0.25) is 0 Å². The van der Waals surface area contributed by atoms with Crippen LogP contribution >= 0.6 is 0 Å². The molecule has 1 rings (SSSR count). The zero-order valence-corrected chi connectivity index (χ0v) is 8.32. The van der Waals surface area contributed by atoms with E-state index in [9.17, 15) is 5.11 Å². The molecule has 1 aromatic carbocycles. The third-order valence-electron chi connectivity index (χ3n) is 1.76. The first-order valence-electron chi connectivity index (χ1n) is 4.32. The molecule has 4 heteroatoms. The number of nitrogens with one attached hydrogen (secondary N) is 1. The summed E-state index contributed by atoms with van der Waals surface area (Å²) in [6, 6.07) is 7.03. The van der Waals surface area contributed by atoms with Gasteiger partial charge < -0.3 is 15.3 Å². The molecule has 4 nitrogen and oxygen atoms in total. The molecule has 2 N–H and O–H groups in total. The number of hydrogen-bond acceptors (Lipinski definition) is 4. The summed E-state index contributed by atoms with van der Waals surface area (Å²) < 4.78 is 0. The number of benzene rings is 1. The van der Waals surface area contributed by atoms with Gasteiger partial charge in [-0.25, -0.2) is 0 Å². The van der Waals surface area contributed by atoms with Crippen molar-refractivity contribution in [2.24, 2.45) is 5.16 Å². The Labute approximate surface area is 83.2 Å². The molecule has 0 spiro atoms. The molecule has 0 aromatic heterocycles.